The van der Waals surface area contributed by atoms with Crippen molar-refractivity contribution in [3.63, 3.8) is 0 Å². The molecule has 0 spiro atoms. The van der Waals surface area contributed by atoms with E-state index < -0.39 is 0 Å². The fraction of sp³-hybridized carbons (Fsp3) is 0.0909. The third kappa shape index (κ3) is 4.94. The Bertz CT molecular complexity index is 581. The van der Waals surface area contributed by atoms with Crippen molar-refractivity contribution >= 4 is 79.7 Å². The smallest absolute Gasteiger partial charge is 0.0893 e. The summed E-state index contributed by atoms with van der Waals surface area (Å²) in [5.41, 5.74) is 10.0. The maximum Gasteiger partial charge on any atom is 0.126 e. The quantitative estimate of drug-likeness (QED) is 0.296. The topological polar surface area (TPSA) is 48.8 Å². The fourth-order valence-electron chi connectivity index (χ4n) is 1.37. The van der Waals surface area contributed by atoms with Crippen molar-refractivity contribution in [1.82, 2.24) is 0 Å². The van der Waals surface area contributed by atoms with Crippen LogP contribution in [0, 0.1) is 0 Å². The third-order valence-electron chi connectivity index (χ3n) is 2.15. The molecule has 0 heterocycles. The average Bonchev–Trinajstić information content (AvgIpc) is 2.42. The molecule has 0 N–H and O–H groups in total. The van der Waals surface area contributed by atoms with Crippen LogP contribution in [0.25, 0.3) is 20.5 Å². The molecule has 1 rings (SSSR count). The summed E-state index contributed by atoms with van der Waals surface area (Å²) in [5.74, 6) is 0. The number of nitrogens with zero attached hydrogens (tertiary/aromatic N) is 3. The first kappa shape index (κ1) is 17.8. The molecule has 0 fully saturated rings. The zero-order valence-corrected chi connectivity index (χ0v) is 14.1. The standard InChI is InChI=1S/C11H5Cl6N3/c12-8(10(14)15)6-1-5(4-19-20-18)2-7(3-6)9(13)11(16)17/h1-3H,4H2. The number of hydrogen-bond acceptors (Lipinski definition) is 1. The highest BCUT2D eigenvalue weighted by Crippen LogP contribution is 2.34. The van der Waals surface area contributed by atoms with Gasteiger partial charge in [-0.05, 0) is 28.3 Å². The highest BCUT2D eigenvalue weighted by molar-refractivity contribution is 6.67. The Morgan fingerprint density at radius 2 is 1.35 bits per heavy atom. The van der Waals surface area contributed by atoms with Gasteiger partial charge in [0.15, 0.2) is 0 Å². The minimum absolute atomic E-state index is 0.101. The summed E-state index contributed by atoms with van der Waals surface area (Å²) < 4.78 is -0.203. The predicted molar refractivity (Wildman–Crippen MR) is 88.2 cm³/mol. The molecule has 20 heavy (non-hydrogen) atoms. The summed E-state index contributed by atoms with van der Waals surface area (Å²) in [7, 11) is 0. The molecule has 0 amide bonds. The Labute approximate surface area is 145 Å². The summed E-state index contributed by atoms with van der Waals surface area (Å²) in [6, 6.07) is 4.94. The van der Waals surface area contributed by atoms with Gasteiger partial charge in [0.1, 0.15) is 8.98 Å². The van der Waals surface area contributed by atoms with Crippen molar-refractivity contribution in [3.05, 3.63) is 54.3 Å². The van der Waals surface area contributed by atoms with Crippen LogP contribution in [0.4, 0.5) is 0 Å². The summed E-state index contributed by atoms with van der Waals surface area (Å²) >= 11 is 34.6. The second-order valence-corrected chi connectivity index (χ2v) is 6.11. The maximum atomic E-state index is 8.36. The number of azide groups is 1. The van der Waals surface area contributed by atoms with Crippen LogP contribution >= 0.6 is 69.6 Å². The van der Waals surface area contributed by atoms with Crippen LogP contribution in [-0.4, -0.2) is 0 Å². The monoisotopic (exact) mass is 389 g/mol. The average molecular weight is 392 g/mol. The van der Waals surface area contributed by atoms with E-state index in [9.17, 15) is 0 Å². The summed E-state index contributed by atoms with van der Waals surface area (Å²) in [6.45, 7) is 0.103. The van der Waals surface area contributed by atoms with Gasteiger partial charge >= 0.3 is 0 Å². The largest absolute Gasteiger partial charge is 0.126 e. The Morgan fingerprint density at radius 1 is 0.900 bits per heavy atom. The number of halogens is 6. The zero-order valence-electron chi connectivity index (χ0n) is 9.55. The Morgan fingerprint density at radius 3 is 1.70 bits per heavy atom. The molecule has 1 aromatic rings. The van der Waals surface area contributed by atoms with E-state index in [2.05, 4.69) is 10.0 Å². The molecule has 0 aliphatic carbocycles. The molecule has 0 radical (unpaired) electrons. The fourth-order valence-corrected chi connectivity index (χ4v) is 2.02. The van der Waals surface area contributed by atoms with Gasteiger partial charge in [-0.25, -0.2) is 0 Å². The minimum Gasteiger partial charge on any atom is -0.0893 e. The van der Waals surface area contributed by atoms with E-state index in [-0.39, 0.29) is 25.6 Å². The van der Waals surface area contributed by atoms with Crippen LogP contribution in [0.1, 0.15) is 16.7 Å². The lowest BCUT2D eigenvalue weighted by atomic mass is 10.1. The van der Waals surface area contributed by atoms with E-state index in [4.69, 9.17) is 75.1 Å². The lowest BCUT2D eigenvalue weighted by Gasteiger charge is -2.08. The molecule has 1 aromatic carbocycles. The molecule has 0 aliphatic rings. The molecule has 3 nitrogen and oxygen atoms in total. The lowest BCUT2D eigenvalue weighted by Crippen LogP contribution is -1.90. The van der Waals surface area contributed by atoms with Crippen LogP contribution in [0.15, 0.2) is 32.3 Å². The van der Waals surface area contributed by atoms with Gasteiger partial charge in [0.25, 0.3) is 0 Å². The van der Waals surface area contributed by atoms with Crippen LogP contribution < -0.4 is 0 Å². The molecule has 0 saturated heterocycles. The van der Waals surface area contributed by atoms with Crippen molar-refractivity contribution in [2.75, 3.05) is 0 Å². The van der Waals surface area contributed by atoms with Crippen molar-refractivity contribution in [1.29, 1.82) is 0 Å². The maximum absolute atomic E-state index is 8.36. The van der Waals surface area contributed by atoms with Crippen molar-refractivity contribution in [2.45, 2.75) is 6.54 Å². The van der Waals surface area contributed by atoms with E-state index in [0.29, 0.717) is 16.7 Å². The molecule has 0 bridgehead atoms. The van der Waals surface area contributed by atoms with Gasteiger partial charge in [-0.3, -0.25) is 0 Å². The van der Waals surface area contributed by atoms with E-state index in [0.717, 1.165) is 0 Å². The molecule has 0 aromatic heterocycles. The number of hydrogen-bond donors (Lipinski definition) is 0. The van der Waals surface area contributed by atoms with Crippen molar-refractivity contribution < 1.29 is 0 Å². The minimum atomic E-state index is -0.101. The first-order valence-corrected chi connectivity index (χ1v) is 7.20. The number of benzene rings is 1. The highest BCUT2D eigenvalue weighted by Gasteiger charge is 2.10. The van der Waals surface area contributed by atoms with Crippen molar-refractivity contribution in [3.8, 4) is 0 Å². The lowest BCUT2D eigenvalue weighted by molar-refractivity contribution is 1.05. The van der Waals surface area contributed by atoms with E-state index >= 15 is 0 Å². The molecule has 0 saturated carbocycles. The molecular formula is C11H5Cl6N3. The Hall–Kier alpha value is -0.250. The second kappa shape index (κ2) is 8.26. The molecule has 0 atom stereocenters. The molecule has 0 aliphatic heterocycles. The van der Waals surface area contributed by atoms with Crippen LogP contribution in [-0.2, 0) is 6.54 Å². The Kier molecular flexibility index (Phi) is 7.35. The Balaban J connectivity index is 3.47. The second-order valence-electron chi connectivity index (χ2n) is 3.46. The van der Waals surface area contributed by atoms with E-state index in [1.807, 2.05) is 0 Å². The summed E-state index contributed by atoms with van der Waals surface area (Å²) in [6.07, 6.45) is 0. The van der Waals surface area contributed by atoms with E-state index in [1.165, 1.54) is 0 Å². The molecule has 106 valence electrons. The molecule has 0 unspecified atom stereocenters. The van der Waals surface area contributed by atoms with Gasteiger partial charge in [-0.15, -0.1) is 0 Å². The first-order chi connectivity index (χ1) is 9.36. The van der Waals surface area contributed by atoms with Gasteiger partial charge in [0, 0.05) is 4.91 Å². The van der Waals surface area contributed by atoms with Gasteiger partial charge in [0.2, 0.25) is 0 Å². The van der Waals surface area contributed by atoms with Gasteiger partial charge < -0.3 is 0 Å². The SMILES string of the molecule is [N-]=[N+]=NCc1cc(C(Cl)=C(Cl)Cl)cc(C(Cl)=C(Cl)Cl)c1. The van der Waals surface area contributed by atoms with Crippen LogP contribution in [0.2, 0.25) is 0 Å². The normalized spacial score (nSPS) is 9.70. The van der Waals surface area contributed by atoms with Crippen LogP contribution in [0.3, 0.4) is 0 Å². The van der Waals surface area contributed by atoms with Gasteiger partial charge in [-0.1, -0.05) is 86.9 Å². The third-order valence-corrected chi connectivity index (χ3v) is 4.11. The van der Waals surface area contributed by atoms with Gasteiger partial charge in [-0.2, -0.15) is 0 Å². The predicted octanol–water partition coefficient (Wildman–Crippen LogP) is 7.18. The molecular weight excluding hydrogens is 387 g/mol. The highest BCUT2D eigenvalue weighted by atomic mass is 35.5. The zero-order chi connectivity index (χ0) is 15.3. The summed E-state index contributed by atoms with van der Waals surface area (Å²) in [4.78, 5) is 2.68. The number of rotatable bonds is 4. The van der Waals surface area contributed by atoms with Crippen molar-refractivity contribution in [2.24, 2.45) is 5.11 Å². The first-order valence-electron chi connectivity index (χ1n) is 4.94. The summed E-state index contributed by atoms with van der Waals surface area (Å²) in [5, 5.41) is 3.73. The molecule has 9 heteroatoms. The van der Waals surface area contributed by atoms with Gasteiger partial charge in [0.05, 0.1) is 16.6 Å². The van der Waals surface area contributed by atoms with E-state index in [1.54, 1.807) is 18.2 Å². The van der Waals surface area contributed by atoms with Crippen LogP contribution in [0.5, 0.6) is 0 Å².